The molecule has 8 nitrogen and oxygen atoms in total. The number of hydrogen-bond acceptors (Lipinski definition) is 7. The molecule has 0 spiro atoms. The van der Waals surface area contributed by atoms with Gasteiger partial charge < -0.3 is 20.4 Å². The summed E-state index contributed by atoms with van der Waals surface area (Å²) in [6.07, 6.45) is 0. The Balaban J connectivity index is 2.60. The second-order valence-electron chi connectivity index (χ2n) is 8.73. The largest absolute Gasteiger partial charge is 0.358 e. The van der Waals surface area contributed by atoms with E-state index >= 15 is 0 Å². The highest BCUT2D eigenvalue weighted by molar-refractivity contribution is 5.95. The summed E-state index contributed by atoms with van der Waals surface area (Å²) in [5.41, 5.74) is 2.55. The molecule has 2 N–H and O–H groups in total. The molecular formula is C22H31N7O. The van der Waals surface area contributed by atoms with Gasteiger partial charge in [0.2, 0.25) is 5.95 Å². The monoisotopic (exact) mass is 409 g/mol. The van der Waals surface area contributed by atoms with Gasteiger partial charge in [0.25, 0.3) is 5.91 Å². The number of carbonyl (C=O) groups excluding carboxylic acids is 1. The van der Waals surface area contributed by atoms with Gasteiger partial charge in [0.05, 0.1) is 0 Å². The van der Waals surface area contributed by atoms with Crippen LogP contribution in [0, 0.1) is 23.7 Å². The van der Waals surface area contributed by atoms with Gasteiger partial charge in [-0.2, -0.15) is 15.2 Å². The van der Waals surface area contributed by atoms with Crippen molar-refractivity contribution in [2.75, 3.05) is 49.9 Å². The Morgan fingerprint density at radius 1 is 1.20 bits per heavy atom. The maximum Gasteiger partial charge on any atom is 0.251 e. The molecule has 2 aromatic rings. The Kier molecular flexibility index (Phi) is 6.88. The van der Waals surface area contributed by atoms with Crippen molar-refractivity contribution in [1.82, 2.24) is 15.3 Å². The highest BCUT2D eigenvalue weighted by Crippen LogP contribution is 2.31. The summed E-state index contributed by atoms with van der Waals surface area (Å²) in [4.78, 5) is 25.0. The van der Waals surface area contributed by atoms with E-state index in [0.29, 0.717) is 34.4 Å². The molecule has 0 aliphatic heterocycles. The first-order valence-corrected chi connectivity index (χ1v) is 9.77. The molecule has 1 aromatic heterocycles. The average molecular weight is 410 g/mol. The van der Waals surface area contributed by atoms with Crippen LogP contribution in [0.15, 0.2) is 18.2 Å². The van der Waals surface area contributed by atoms with E-state index < -0.39 is 0 Å². The van der Waals surface area contributed by atoms with Crippen LogP contribution in [0.4, 0.5) is 23.3 Å². The second-order valence-corrected chi connectivity index (χ2v) is 8.73. The molecule has 0 atom stereocenters. The molecule has 8 heteroatoms. The first-order valence-electron chi connectivity index (χ1n) is 9.77. The van der Waals surface area contributed by atoms with E-state index in [1.54, 1.807) is 24.1 Å². The number of aryl methyl sites for hydroxylation is 1. The van der Waals surface area contributed by atoms with Crippen LogP contribution >= 0.6 is 0 Å². The third kappa shape index (κ3) is 5.38. The molecule has 0 aliphatic carbocycles. The Morgan fingerprint density at radius 2 is 1.87 bits per heavy atom. The summed E-state index contributed by atoms with van der Waals surface area (Å²) >= 11 is 0. The Hall–Kier alpha value is -3.34. The predicted molar refractivity (Wildman–Crippen MR) is 122 cm³/mol. The molecule has 160 valence electrons. The molecule has 0 saturated heterocycles. The van der Waals surface area contributed by atoms with Crippen molar-refractivity contribution in [2.45, 2.75) is 27.7 Å². The minimum Gasteiger partial charge on any atom is -0.358 e. The topological polar surface area (TPSA) is 97.2 Å². The van der Waals surface area contributed by atoms with Crippen LogP contribution < -0.4 is 20.4 Å². The van der Waals surface area contributed by atoms with Crippen molar-refractivity contribution in [3.8, 4) is 6.07 Å². The molecule has 0 radical (unpaired) electrons. The van der Waals surface area contributed by atoms with Gasteiger partial charge in [-0.1, -0.05) is 26.8 Å². The molecule has 0 saturated carbocycles. The van der Waals surface area contributed by atoms with Crippen LogP contribution in [-0.4, -0.2) is 50.6 Å². The molecule has 30 heavy (non-hydrogen) atoms. The zero-order chi connectivity index (χ0) is 22.6. The van der Waals surface area contributed by atoms with Crippen molar-refractivity contribution in [3.63, 3.8) is 0 Å². The first kappa shape index (κ1) is 22.9. The van der Waals surface area contributed by atoms with E-state index in [1.807, 2.05) is 39.0 Å². The first-order chi connectivity index (χ1) is 14.0. The Bertz CT molecular complexity index is 971. The second kappa shape index (κ2) is 8.99. The van der Waals surface area contributed by atoms with Gasteiger partial charge in [0.1, 0.15) is 11.6 Å². The molecule has 1 aromatic carbocycles. The van der Waals surface area contributed by atoms with Crippen molar-refractivity contribution < 1.29 is 4.79 Å². The van der Waals surface area contributed by atoms with Gasteiger partial charge in [-0.25, -0.2) is 0 Å². The lowest BCUT2D eigenvalue weighted by atomic mass is 9.96. The zero-order valence-electron chi connectivity index (χ0n) is 19.1. The van der Waals surface area contributed by atoms with Crippen LogP contribution in [0.3, 0.4) is 0 Å². The van der Waals surface area contributed by atoms with E-state index in [9.17, 15) is 10.1 Å². The van der Waals surface area contributed by atoms with Crippen molar-refractivity contribution in [3.05, 3.63) is 34.9 Å². The summed E-state index contributed by atoms with van der Waals surface area (Å²) in [5.74, 6) is 1.28. The molecule has 0 bridgehead atoms. The number of nitrogens with zero attached hydrogens (tertiary/aromatic N) is 5. The van der Waals surface area contributed by atoms with Gasteiger partial charge in [-0.15, -0.1) is 0 Å². The van der Waals surface area contributed by atoms with Crippen LogP contribution in [0.1, 0.15) is 42.3 Å². The fraction of sp³-hybridized carbons (Fsp3) is 0.455. The number of amides is 1. The third-order valence-electron chi connectivity index (χ3n) is 4.44. The Labute approximate surface area is 178 Å². The van der Waals surface area contributed by atoms with Gasteiger partial charge in [-0.3, -0.25) is 4.79 Å². The molecule has 0 unspecified atom stereocenters. The number of anilines is 4. The lowest BCUT2D eigenvalue weighted by Crippen LogP contribution is -2.31. The average Bonchev–Trinajstić information content (AvgIpc) is 2.66. The summed E-state index contributed by atoms with van der Waals surface area (Å²) in [7, 11) is 7.23. The maximum absolute atomic E-state index is 12.0. The standard InChI is InChI=1S/C22H31N7O/c1-14-9-10-15(20(30)24-5)11-17(14)25-18-16(12-23)19(27-21(26-18)28(6)7)29(8)13-22(2,3)4/h9-11H,13H2,1-8H3,(H,24,30)(H,25,26,27). The molecule has 0 aliphatic rings. The van der Waals surface area contributed by atoms with Crippen LogP contribution in [0.5, 0.6) is 0 Å². The number of benzene rings is 1. The van der Waals surface area contributed by atoms with Gasteiger partial charge in [-0.05, 0) is 30.0 Å². The van der Waals surface area contributed by atoms with Gasteiger partial charge >= 0.3 is 0 Å². The quantitative estimate of drug-likeness (QED) is 0.755. The van der Waals surface area contributed by atoms with E-state index in [4.69, 9.17) is 0 Å². The number of hydrogen-bond donors (Lipinski definition) is 2. The van der Waals surface area contributed by atoms with E-state index in [0.717, 1.165) is 12.1 Å². The summed E-state index contributed by atoms with van der Waals surface area (Å²) in [6, 6.07) is 7.64. The van der Waals surface area contributed by atoms with E-state index in [1.165, 1.54) is 0 Å². The lowest BCUT2D eigenvalue weighted by molar-refractivity contribution is 0.0963. The minimum atomic E-state index is -0.180. The predicted octanol–water partition coefficient (Wildman–Crippen LogP) is 3.31. The molecular weight excluding hydrogens is 378 g/mol. The fourth-order valence-electron chi connectivity index (χ4n) is 3.06. The lowest BCUT2D eigenvalue weighted by Gasteiger charge is -2.29. The molecule has 1 amide bonds. The summed E-state index contributed by atoms with van der Waals surface area (Å²) < 4.78 is 0. The number of aromatic nitrogens is 2. The summed E-state index contributed by atoms with van der Waals surface area (Å²) in [5, 5.41) is 15.8. The highest BCUT2D eigenvalue weighted by Gasteiger charge is 2.22. The smallest absolute Gasteiger partial charge is 0.251 e. The Morgan fingerprint density at radius 3 is 2.40 bits per heavy atom. The molecule has 0 fully saturated rings. The zero-order valence-corrected chi connectivity index (χ0v) is 19.1. The van der Waals surface area contributed by atoms with Crippen LogP contribution in [0.2, 0.25) is 0 Å². The maximum atomic E-state index is 12.0. The summed E-state index contributed by atoms with van der Waals surface area (Å²) in [6.45, 7) is 9.06. The molecule has 2 rings (SSSR count). The SMILES string of the molecule is CNC(=O)c1ccc(C)c(Nc2nc(N(C)C)nc(N(C)CC(C)(C)C)c2C#N)c1. The number of carbonyl (C=O) groups is 1. The third-order valence-corrected chi connectivity index (χ3v) is 4.44. The van der Waals surface area contributed by atoms with Crippen LogP contribution in [-0.2, 0) is 0 Å². The van der Waals surface area contributed by atoms with Crippen LogP contribution in [0.25, 0.3) is 0 Å². The van der Waals surface area contributed by atoms with Crippen molar-refractivity contribution >= 4 is 29.2 Å². The van der Waals surface area contributed by atoms with Crippen molar-refractivity contribution in [1.29, 1.82) is 5.26 Å². The van der Waals surface area contributed by atoms with E-state index in [2.05, 4.69) is 47.4 Å². The number of nitrogens with one attached hydrogen (secondary N) is 2. The highest BCUT2D eigenvalue weighted by atomic mass is 16.1. The number of nitriles is 1. The van der Waals surface area contributed by atoms with Crippen molar-refractivity contribution in [2.24, 2.45) is 5.41 Å². The normalized spacial score (nSPS) is 10.9. The number of rotatable bonds is 6. The van der Waals surface area contributed by atoms with Gasteiger partial charge in [0.15, 0.2) is 11.6 Å². The van der Waals surface area contributed by atoms with E-state index in [-0.39, 0.29) is 11.3 Å². The fourth-order valence-corrected chi connectivity index (χ4v) is 3.06. The molecule has 1 heterocycles. The minimum absolute atomic E-state index is 0.0245. The van der Waals surface area contributed by atoms with Gasteiger partial charge in [0, 0.05) is 46.0 Å².